The average Bonchev–Trinajstić information content (AvgIpc) is 3.33. The topological polar surface area (TPSA) is 43.8 Å². The number of likely N-dealkylation sites (tertiary alicyclic amines) is 2. The van der Waals surface area contributed by atoms with Crippen LogP contribution in [0.1, 0.15) is 36.9 Å². The second-order valence-electron chi connectivity index (χ2n) is 6.74. The van der Waals surface area contributed by atoms with E-state index in [0.717, 1.165) is 48.7 Å². The van der Waals surface area contributed by atoms with Crippen LogP contribution in [-0.4, -0.2) is 66.1 Å². The monoisotopic (exact) mass is 389 g/mol. The van der Waals surface area contributed by atoms with Gasteiger partial charge in [-0.2, -0.15) is 13.2 Å². The summed E-state index contributed by atoms with van der Waals surface area (Å²) in [6.07, 6.45) is -0.214. The van der Waals surface area contributed by atoms with Gasteiger partial charge in [0.05, 0.1) is 5.01 Å². The Morgan fingerprint density at radius 1 is 1.35 bits per heavy atom. The number of alkyl halides is 3. The lowest BCUT2D eigenvalue weighted by atomic mass is 10.2. The number of thiazole rings is 1. The molecule has 2 fully saturated rings. The largest absolute Gasteiger partial charge is 0.434 e. The Bertz CT molecular complexity index is 610. The van der Waals surface area contributed by atoms with E-state index in [1.54, 1.807) is 0 Å². The van der Waals surface area contributed by atoms with Crippen LogP contribution in [-0.2, 0) is 12.6 Å². The van der Waals surface area contributed by atoms with Crippen LogP contribution in [0.5, 0.6) is 0 Å². The zero-order valence-electron chi connectivity index (χ0n) is 15.1. The zero-order chi connectivity index (χ0) is 18.6. The fourth-order valence-corrected chi connectivity index (χ4v) is 4.37. The Hall–Kier alpha value is -1.35. The third kappa shape index (κ3) is 4.88. The van der Waals surface area contributed by atoms with Crippen molar-refractivity contribution in [3.05, 3.63) is 16.1 Å². The summed E-state index contributed by atoms with van der Waals surface area (Å²) in [7, 11) is 0. The number of hydrogen-bond acceptors (Lipinski definition) is 4. The van der Waals surface area contributed by atoms with E-state index in [0.29, 0.717) is 24.0 Å². The highest BCUT2D eigenvalue weighted by Gasteiger charge is 2.33. The number of guanidine groups is 1. The SMILES string of the molecule is CCNC(=NCCc1nc(C(F)(F)F)cs1)N1CCC(N2CCCC2)C1. The zero-order valence-corrected chi connectivity index (χ0v) is 15.9. The molecule has 26 heavy (non-hydrogen) atoms. The van der Waals surface area contributed by atoms with Crippen LogP contribution in [0.15, 0.2) is 10.4 Å². The van der Waals surface area contributed by atoms with Gasteiger partial charge in [-0.05, 0) is 39.3 Å². The van der Waals surface area contributed by atoms with Crippen molar-refractivity contribution in [3.63, 3.8) is 0 Å². The molecule has 9 heteroatoms. The van der Waals surface area contributed by atoms with E-state index in [1.807, 2.05) is 6.92 Å². The van der Waals surface area contributed by atoms with Crippen molar-refractivity contribution in [2.24, 2.45) is 4.99 Å². The fourth-order valence-electron chi connectivity index (χ4n) is 3.58. The summed E-state index contributed by atoms with van der Waals surface area (Å²) >= 11 is 1.05. The highest BCUT2D eigenvalue weighted by Crippen LogP contribution is 2.30. The highest BCUT2D eigenvalue weighted by atomic mass is 32.1. The molecule has 2 saturated heterocycles. The maximum atomic E-state index is 12.6. The molecule has 1 atom stereocenters. The first-order valence-electron chi connectivity index (χ1n) is 9.26. The number of hydrogen-bond donors (Lipinski definition) is 1. The van der Waals surface area contributed by atoms with Crippen LogP contribution in [0.4, 0.5) is 13.2 Å². The Morgan fingerprint density at radius 3 is 2.77 bits per heavy atom. The van der Waals surface area contributed by atoms with Gasteiger partial charge in [-0.25, -0.2) is 4.98 Å². The lowest BCUT2D eigenvalue weighted by Crippen LogP contribution is -2.42. The van der Waals surface area contributed by atoms with Gasteiger partial charge in [-0.15, -0.1) is 11.3 Å². The summed E-state index contributed by atoms with van der Waals surface area (Å²) in [6, 6.07) is 0.592. The molecule has 0 saturated carbocycles. The van der Waals surface area contributed by atoms with Gasteiger partial charge in [-0.3, -0.25) is 9.89 Å². The molecule has 146 valence electrons. The van der Waals surface area contributed by atoms with Gasteiger partial charge in [0.2, 0.25) is 0 Å². The molecule has 2 aliphatic heterocycles. The predicted octanol–water partition coefficient (Wildman–Crippen LogP) is 2.84. The van der Waals surface area contributed by atoms with Gasteiger partial charge >= 0.3 is 6.18 Å². The van der Waals surface area contributed by atoms with Crippen molar-refractivity contribution in [1.29, 1.82) is 0 Å². The van der Waals surface area contributed by atoms with Gasteiger partial charge in [0, 0.05) is 44.0 Å². The summed E-state index contributed by atoms with van der Waals surface area (Å²) < 4.78 is 37.9. The van der Waals surface area contributed by atoms with Gasteiger partial charge < -0.3 is 10.2 Å². The lowest BCUT2D eigenvalue weighted by Gasteiger charge is -2.25. The molecule has 1 aromatic rings. The van der Waals surface area contributed by atoms with Crippen LogP contribution < -0.4 is 5.32 Å². The van der Waals surface area contributed by atoms with Crippen LogP contribution in [0.3, 0.4) is 0 Å². The maximum absolute atomic E-state index is 12.6. The molecule has 0 aliphatic carbocycles. The molecule has 3 rings (SSSR count). The highest BCUT2D eigenvalue weighted by molar-refractivity contribution is 7.09. The average molecular weight is 389 g/mol. The summed E-state index contributed by atoms with van der Waals surface area (Å²) in [4.78, 5) is 13.1. The van der Waals surface area contributed by atoms with Crippen molar-refractivity contribution in [1.82, 2.24) is 20.1 Å². The van der Waals surface area contributed by atoms with Crippen LogP contribution in [0.25, 0.3) is 0 Å². The summed E-state index contributed by atoms with van der Waals surface area (Å²) in [5.41, 5.74) is -0.804. The summed E-state index contributed by atoms with van der Waals surface area (Å²) in [5, 5.41) is 4.87. The smallest absolute Gasteiger partial charge is 0.357 e. The van der Waals surface area contributed by atoms with E-state index in [4.69, 9.17) is 0 Å². The van der Waals surface area contributed by atoms with E-state index < -0.39 is 11.9 Å². The van der Waals surface area contributed by atoms with Crippen molar-refractivity contribution >= 4 is 17.3 Å². The number of aromatic nitrogens is 1. The van der Waals surface area contributed by atoms with Crippen LogP contribution in [0, 0.1) is 0 Å². The number of nitrogens with zero attached hydrogens (tertiary/aromatic N) is 4. The molecule has 3 heterocycles. The molecule has 1 unspecified atom stereocenters. The predicted molar refractivity (Wildman–Crippen MR) is 97.6 cm³/mol. The van der Waals surface area contributed by atoms with Crippen molar-refractivity contribution in [3.8, 4) is 0 Å². The Kier molecular flexibility index (Phi) is 6.39. The quantitative estimate of drug-likeness (QED) is 0.621. The normalized spacial score (nSPS) is 22.4. The van der Waals surface area contributed by atoms with E-state index in [2.05, 4.69) is 25.1 Å². The van der Waals surface area contributed by atoms with Crippen LogP contribution in [0.2, 0.25) is 0 Å². The molecular formula is C17H26F3N5S. The molecule has 1 N–H and O–H groups in total. The number of rotatable bonds is 5. The fraction of sp³-hybridized carbons (Fsp3) is 0.765. The molecule has 0 radical (unpaired) electrons. The molecule has 0 bridgehead atoms. The number of halogens is 3. The van der Waals surface area contributed by atoms with Gasteiger partial charge in [0.25, 0.3) is 0 Å². The molecule has 2 aliphatic rings. The minimum Gasteiger partial charge on any atom is -0.357 e. The minimum absolute atomic E-state index is 0.430. The molecular weight excluding hydrogens is 363 g/mol. The van der Waals surface area contributed by atoms with Gasteiger partial charge in [0.15, 0.2) is 11.7 Å². The lowest BCUT2D eigenvalue weighted by molar-refractivity contribution is -0.140. The second-order valence-corrected chi connectivity index (χ2v) is 7.68. The first-order valence-corrected chi connectivity index (χ1v) is 10.1. The molecule has 0 spiro atoms. The molecule has 1 aromatic heterocycles. The minimum atomic E-state index is -4.37. The molecule has 0 aromatic carbocycles. The Morgan fingerprint density at radius 2 is 2.12 bits per heavy atom. The Balaban J connectivity index is 1.54. The van der Waals surface area contributed by atoms with E-state index >= 15 is 0 Å². The van der Waals surface area contributed by atoms with Gasteiger partial charge in [0.1, 0.15) is 0 Å². The first kappa shape index (κ1) is 19.4. The van der Waals surface area contributed by atoms with E-state index in [9.17, 15) is 13.2 Å². The summed E-state index contributed by atoms with van der Waals surface area (Å²) in [5.74, 6) is 0.863. The Labute approximate surface area is 156 Å². The standard InChI is InChI=1S/C17H26F3N5S/c1-2-21-16(25-10-6-13(11-25)24-8-3-4-9-24)22-7-5-15-23-14(12-26-15)17(18,19)20/h12-13H,2-11H2,1H3,(H,21,22). The summed E-state index contributed by atoms with van der Waals surface area (Å²) in [6.45, 7) is 7.58. The van der Waals surface area contributed by atoms with E-state index in [-0.39, 0.29) is 0 Å². The third-order valence-corrected chi connectivity index (χ3v) is 5.79. The maximum Gasteiger partial charge on any atom is 0.434 e. The molecule has 0 amide bonds. The number of aliphatic imine (C=N–C) groups is 1. The van der Waals surface area contributed by atoms with Crippen LogP contribution >= 0.6 is 11.3 Å². The van der Waals surface area contributed by atoms with Gasteiger partial charge in [-0.1, -0.05) is 0 Å². The second kappa shape index (κ2) is 8.56. The van der Waals surface area contributed by atoms with E-state index in [1.165, 1.54) is 25.9 Å². The number of nitrogens with one attached hydrogen (secondary N) is 1. The van der Waals surface area contributed by atoms with Crippen molar-refractivity contribution in [2.75, 3.05) is 39.3 Å². The first-order chi connectivity index (χ1) is 12.5. The molecule has 5 nitrogen and oxygen atoms in total. The third-order valence-electron chi connectivity index (χ3n) is 4.88. The van der Waals surface area contributed by atoms with Crippen molar-refractivity contribution < 1.29 is 13.2 Å². The van der Waals surface area contributed by atoms with Crippen molar-refractivity contribution in [2.45, 2.75) is 44.8 Å².